The van der Waals surface area contributed by atoms with E-state index < -0.39 is 0 Å². The molecule has 1 aliphatic heterocycles. The van der Waals surface area contributed by atoms with Crippen molar-refractivity contribution in [3.8, 4) is 6.07 Å². The van der Waals surface area contributed by atoms with Crippen molar-refractivity contribution in [2.24, 2.45) is 5.92 Å². The van der Waals surface area contributed by atoms with Gasteiger partial charge in [-0.15, -0.1) is 0 Å². The van der Waals surface area contributed by atoms with Crippen molar-refractivity contribution >= 4 is 11.6 Å². The van der Waals surface area contributed by atoms with Gasteiger partial charge in [-0.3, -0.25) is 4.79 Å². The lowest BCUT2D eigenvalue weighted by molar-refractivity contribution is -0.116. The van der Waals surface area contributed by atoms with Crippen molar-refractivity contribution in [1.29, 1.82) is 5.26 Å². The molecule has 0 aliphatic carbocycles. The Morgan fingerprint density at radius 2 is 2.41 bits per heavy atom. The minimum Gasteiger partial charge on any atom is -0.393 e. The first-order chi connectivity index (χ1) is 10.6. The van der Waals surface area contributed by atoms with Crippen LogP contribution in [0.15, 0.2) is 24.3 Å². The molecule has 0 saturated carbocycles. The fourth-order valence-corrected chi connectivity index (χ4v) is 2.84. The molecular weight excluding hydrogens is 278 g/mol. The third-order valence-corrected chi connectivity index (χ3v) is 4.15. The van der Waals surface area contributed by atoms with E-state index in [1.165, 1.54) is 0 Å². The predicted octanol–water partition coefficient (Wildman–Crippen LogP) is 1.98. The SMILES string of the molecule is CC(O)C1CCCN(CCC(=O)Nc2cccc(C#N)c2)C1. The van der Waals surface area contributed by atoms with Crippen LogP contribution in [0.25, 0.3) is 0 Å². The smallest absolute Gasteiger partial charge is 0.225 e. The number of likely N-dealkylation sites (tertiary alicyclic amines) is 1. The number of aliphatic hydroxyl groups is 1. The van der Waals surface area contributed by atoms with Gasteiger partial charge < -0.3 is 15.3 Å². The lowest BCUT2D eigenvalue weighted by atomic mass is 9.93. The second-order valence-corrected chi connectivity index (χ2v) is 5.93. The minimum atomic E-state index is -0.287. The summed E-state index contributed by atoms with van der Waals surface area (Å²) < 4.78 is 0. The summed E-state index contributed by atoms with van der Waals surface area (Å²) in [5.41, 5.74) is 1.19. The van der Waals surface area contributed by atoms with Crippen LogP contribution in [-0.4, -0.2) is 41.7 Å². The Morgan fingerprint density at radius 3 is 3.14 bits per heavy atom. The van der Waals surface area contributed by atoms with Crippen molar-refractivity contribution in [3.05, 3.63) is 29.8 Å². The van der Waals surface area contributed by atoms with E-state index in [4.69, 9.17) is 5.26 Å². The van der Waals surface area contributed by atoms with Crippen LogP contribution in [0.2, 0.25) is 0 Å². The third-order valence-electron chi connectivity index (χ3n) is 4.15. The van der Waals surface area contributed by atoms with Gasteiger partial charge in [-0.25, -0.2) is 0 Å². The normalized spacial score (nSPS) is 20.1. The summed E-state index contributed by atoms with van der Waals surface area (Å²) in [5, 5.41) is 21.4. The summed E-state index contributed by atoms with van der Waals surface area (Å²) in [5.74, 6) is 0.262. The molecule has 1 amide bonds. The van der Waals surface area contributed by atoms with Crippen LogP contribution in [0.4, 0.5) is 5.69 Å². The number of hydrogen-bond donors (Lipinski definition) is 2. The Kier molecular flexibility index (Phi) is 5.93. The van der Waals surface area contributed by atoms with E-state index in [-0.39, 0.29) is 12.0 Å². The molecule has 1 aromatic carbocycles. The van der Waals surface area contributed by atoms with Crippen LogP contribution in [0.3, 0.4) is 0 Å². The molecule has 118 valence electrons. The Morgan fingerprint density at radius 1 is 1.59 bits per heavy atom. The molecule has 5 nitrogen and oxygen atoms in total. The Bertz CT molecular complexity index is 551. The molecular formula is C17H23N3O2. The van der Waals surface area contributed by atoms with E-state index in [1.807, 2.05) is 6.92 Å². The van der Waals surface area contributed by atoms with E-state index >= 15 is 0 Å². The third kappa shape index (κ3) is 4.83. The first-order valence-electron chi connectivity index (χ1n) is 7.79. The second-order valence-electron chi connectivity index (χ2n) is 5.93. The number of nitrogens with one attached hydrogen (secondary N) is 1. The molecule has 22 heavy (non-hydrogen) atoms. The summed E-state index contributed by atoms with van der Waals surface area (Å²) in [6, 6.07) is 8.97. The summed E-state index contributed by atoms with van der Waals surface area (Å²) in [6.45, 7) is 4.38. The zero-order valence-corrected chi connectivity index (χ0v) is 13.0. The van der Waals surface area contributed by atoms with Crippen LogP contribution in [0, 0.1) is 17.2 Å². The molecule has 2 atom stereocenters. The first kappa shape index (κ1) is 16.5. The highest BCUT2D eigenvalue weighted by molar-refractivity contribution is 5.90. The standard InChI is InChI=1S/C17H23N3O2/c1-13(21)15-5-3-8-20(12-15)9-7-17(22)19-16-6-2-4-14(10-16)11-18/h2,4,6,10,13,15,21H,3,5,7-9,12H2,1H3,(H,19,22). The molecule has 2 unspecified atom stereocenters. The van der Waals surface area contributed by atoms with Gasteiger partial charge in [-0.2, -0.15) is 5.26 Å². The number of carbonyl (C=O) groups is 1. The Balaban J connectivity index is 1.79. The molecule has 0 aromatic heterocycles. The maximum Gasteiger partial charge on any atom is 0.225 e. The average Bonchev–Trinajstić information content (AvgIpc) is 2.53. The zero-order chi connectivity index (χ0) is 15.9. The predicted molar refractivity (Wildman–Crippen MR) is 85.2 cm³/mol. The number of rotatable bonds is 5. The minimum absolute atomic E-state index is 0.0470. The highest BCUT2D eigenvalue weighted by atomic mass is 16.3. The fraction of sp³-hybridized carbons (Fsp3) is 0.529. The van der Waals surface area contributed by atoms with E-state index in [9.17, 15) is 9.90 Å². The summed E-state index contributed by atoms with van der Waals surface area (Å²) >= 11 is 0. The van der Waals surface area contributed by atoms with Crippen LogP contribution in [0.1, 0.15) is 31.7 Å². The van der Waals surface area contributed by atoms with Gasteiger partial charge in [0.2, 0.25) is 5.91 Å². The number of anilines is 1. The maximum atomic E-state index is 12.0. The van der Waals surface area contributed by atoms with Crippen molar-refractivity contribution in [2.75, 3.05) is 25.0 Å². The molecule has 1 heterocycles. The number of nitriles is 1. The van der Waals surface area contributed by atoms with E-state index in [1.54, 1.807) is 24.3 Å². The Labute approximate surface area is 131 Å². The quantitative estimate of drug-likeness (QED) is 0.872. The molecule has 0 spiro atoms. The van der Waals surface area contributed by atoms with Crippen LogP contribution >= 0.6 is 0 Å². The van der Waals surface area contributed by atoms with E-state index in [0.29, 0.717) is 30.1 Å². The van der Waals surface area contributed by atoms with Gasteiger partial charge in [0.1, 0.15) is 0 Å². The highest BCUT2D eigenvalue weighted by Crippen LogP contribution is 2.19. The molecule has 1 aromatic rings. The van der Waals surface area contributed by atoms with Crippen LogP contribution in [0.5, 0.6) is 0 Å². The number of hydrogen-bond acceptors (Lipinski definition) is 4. The van der Waals surface area contributed by atoms with Crippen LogP contribution < -0.4 is 5.32 Å². The van der Waals surface area contributed by atoms with Crippen molar-refractivity contribution < 1.29 is 9.90 Å². The molecule has 2 N–H and O–H groups in total. The molecule has 1 fully saturated rings. The van der Waals surface area contributed by atoms with E-state index in [2.05, 4.69) is 16.3 Å². The average molecular weight is 301 g/mol. The van der Waals surface area contributed by atoms with Crippen molar-refractivity contribution in [3.63, 3.8) is 0 Å². The van der Waals surface area contributed by atoms with Crippen molar-refractivity contribution in [1.82, 2.24) is 4.90 Å². The van der Waals surface area contributed by atoms with Gasteiger partial charge in [-0.05, 0) is 50.4 Å². The molecule has 1 aliphatic rings. The van der Waals surface area contributed by atoms with Gasteiger partial charge in [-0.1, -0.05) is 6.07 Å². The zero-order valence-electron chi connectivity index (χ0n) is 13.0. The lowest BCUT2D eigenvalue weighted by Crippen LogP contribution is -2.40. The van der Waals surface area contributed by atoms with Gasteiger partial charge in [0, 0.05) is 25.2 Å². The maximum absolute atomic E-state index is 12.0. The van der Waals surface area contributed by atoms with E-state index in [0.717, 1.165) is 25.9 Å². The van der Waals surface area contributed by atoms with Crippen LogP contribution in [-0.2, 0) is 4.79 Å². The monoisotopic (exact) mass is 301 g/mol. The Hall–Kier alpha value is -1.90. The number of aliphatic hydroxyl groups excluding tert-OH is 1. The number of benzene rings is 1. The van der Waals surface area contributed by atoms with Gasteiger partial charge >= 0.3 is 0 Å². The lowest BCUT2D eigenvalue weighted by Gasteiger charge is -2.33. The first-order valence-corrected chi connectivity index (χ1v) is 7.79. The topological polar surface area (TPSA) is 76.4 Å². The van der Waals surface area contributed by atoms with Gasteiger partial charge in [0.25, 0.3) is 0 Å². The molecule has 2 rings (SSSR count). The second kappa shape index (κ2) is 7.92. The number of amides is 1. The molecule has 5 heteroatoms. The number of piperidine rings is 1. The number of carbonyl (C=O) groups excluding carboxylic acids is 1. The molecule has 1 saturated heterocycles. The summed E-state index contributed by atoms with van der Waals surface area (Å²) in [7, 11) is 0. The molecule has 0 radical (unpaired) electrons. The van der Waals surface area contributed by atoms with Crippen molar-refractivity contribution in [2.45, 2.75) is 32.3 Å². The largest absolute Gasteiger partial charge is 0.393 e. The highest BCUT2D eigenvalue weighted by Gasteiger charge is 2.23. The summed E-state index contributed by atoms with van der Waals surface area (Å²) in [6.07, 6.45) is 2.26. The van der Waals surface area contributed by atoms with Gasteiger partial charge in [0.15, 0.2) is 0 Å². The van der Waals surface area contributed by atoms with Gasteiger partial charge in [0.05, 0.1) is 17.7 Å². The fourth-order valence-electron chi connectivity index (χ4n) is 2.84. The number of nitrogens with zero attached hydrogens (tertiary/aromatic N) is 2. The summed E-state index contributed by atoms with van der Waals surface area (Å²) in [4.78, 5) is 14.2. The molecule has 0 bridgehead atoms.